The number of halogens is 1. The Kier molecular flexibility index (Phi) is 17.6. The minimum atomic E-state index is -1.44. The summed E-state index contributed by atoms with van der Waals surface area (Å²) in [6.45, 7) is 6.05. The molecule has 0 aliphatic rings. The molecule has 0 aliphatic heterocycles. The number of nitrogens with zero attached hydrogens (tertiary/aromatic N) is 4. The number of aryl methyl sites for hydroxylation is 1. The molecule has 15 heteroatoms. The number of aliphatic hydroxyl groups excluding tert-OH is 4. The second-order valence-corrected chi connectivity index (χ2v) is 11.5. The number of guanidine groups is 1. The molecular formula is C31H51ClN8O6. The SMILES string of the molecule is CCCCCCN(CCOc1ccc(CCCCN=C(N)NC(=O)c2nc(Cl)c(N)nc2N)cc1)C[C@@H](O)[C@H](O)[C@@H](O)[C@@H](O)CC. The fourth-order valence-corrected chi connectivity index (χ4v) is 4.76. The van der Waals surface area contributed by atoms with E-state index in [1.807, 2.05) is 29.2 Å². The maximum absolute atomic E-state index is 12.3. The van der Waals surface area contributed by atoms with Crippen LogP contribution in [0.4, 0.5) is 11.6 Å². The highest BCUT2D eigenvalue weighted by Gasteiger charge is 2.30. The molecule has 0 unspecified atom stereocenters. The van der Waals surface area contributed by atoms with Gasteiger partial charge in [-0.1, -0.05) is 56.8 Å². The molecule has 46 heavy (non-hydrogen) atoms. The Morgan fingerprint density at radius 1 is 0.957 bits per heavy atom. The van der Waals surface area contributed by atoms with Crippen LogP contribution in [0.15, 0.2) is 29.3 Å². The predicted octanol–water partition coefficient (Wildman–Crippen LogP) is 1.48. The summed E-state index contributed by atoms with van der Waals surface area (Å²) >= 11 is 5.81. The largest absolute Gasteiger partial charge is 0.492 e. The van der Waals surface area contributed by atoms with E-state index in [-0.39, 0.29) is 41.4 Å². The molecule has 2 rings (SSSR count). The van der Waals surface area contributed by atoms with Crippen molar-refractivity contribution in [1.82, 2.24) is 20.2 Å². The van der Waals surface area contributed by atoms with E-state index in [4.69, 9.17) is 33.5 Å². The van der Waals surface area contributed by atoms with Crippen molar-refractivity contribution in [2.24, 2.45) is 10.7 Å². The summed E-state index contributed by atoms with van der Waals surface area (Å²) in [4.78, 5) is 26.1. The first kappa shape index (κ1) is 38.9. The van der Waals surface area contributed by atoms with Crippen molar-refractivity contribution in [3.8, 4) is 5.75 Å². The highest BCUT2D eigenvalue weighted by Crippen LogP contribution is 2.18. The molecule has 0 aliphatic carbocycles. The summed E-state index contributed by atoms with van der Waals surface area (Å²) in [5.41, 5.74) is 18.0. The molecule has 11 N–H and O–H groups in total. The molecule has 1 aromatic heterocycles. The van der Waals surface area contributed by atoms with E-state index in [1.54, 1.807) is 6.92 Å². The Morgan fingerprint density at radius 2 is 1.65 bits per heavy atom. The zero-order valence-electron chi connectivity index (χ0n) is 26.8. The van der Waals surface area contributed by atoms with Crippen LogP contribution < -0.4 is 27.3 Å². The van der Waals surface area contributed by atoms with E-state index in [1.165, 1.54) is 0 Å². The van der Waals surface area contributed by atoms with Crippen LogP contribution in [0.5, 0.6) is 5.75 Å². The summed E-state index contributed by atoms with van der Waals surface area (Å²) in [5.74, 6) is -0.278. The lowest BCUT2D eigenvalue weighted by molar-refractivity contribution is -0.111. The molecule has 0 spiro atoms. The molecule has 4 atom stereocenters. The van der Waals surface area contributed by atoms with Gasteiger partial charge in [0, 0.05) is 19.6 Å². The third-order valence-electron chi connectivity index (χ3n) is 7.45. The van der Waals surface area contributed by atoms with Crippen LogP contribution in [0.3, 0.4) is 0 Å². The molecule has 0 saturated heterocycles. The first-order valence-electron chi connectivity index (χ1n) is 15.8. The topological polar surface area (TPSA) is 239 Å². The average molecular weight is 667 g/mol. The standard InChI is InChI=1S/C31H51ClN8O6/c1-3-5-6-9-16-40(19-23(42)26(44)25(43)22(41)4-2)17-18-46-21-13-11-20(12-14-21)10-7-8-15-36-31(35)39-30(45)24-28(33)38-29(34)27(32)37-24/h11-14,22-23,25-26,41-44H,3-10,15-19H2,1-2H3,(H4,33,34,38)(H3,35,36,39,45)/t22-,23+,25-,26-/m0/s1. The van der Waals surface area contributed by atoms with E-state index in [2.05, 4.69) is 27.2 Å². The zero-order valence-corrected chi connectivity index (χ0v) is 27.6. The lowest BCUT2D eigenvalue weighted by Crippen LogP contribution is -2.49. The second kappa shape index (κ2) is 20.8. The van der Waals surface area contributed by atoms with E-state index < -0.39 is 30.3 Å². The summed E-state index contributed by atoms with van der Waals surface area (Å²) < 4.78 is 5.95. The minimum Gasteiger partial charge on any atom is -0.492 e. The number of ether oxygens (including phenoxy) is 1. The normalized spacial score (nSPS) is 14.6. The minimum absolute atomic E-state index is 0.0706. The van der Waals surface area contributed by atoms with Gasteiger partial charge in [-0.2, -0.15) is 0 Å². The number of nitrogens with one attached hydrogen (secondary N) is 1. The molecule has 258 valence electrons. The number of hydrogen-bond acceptors (Lipinski definition) is 12. The number of nitrogens with two attached hydrogens (primary N) is 3. The number of carbonyl (C=O) groups is 1. The molecule has 1 amide bonds. The van der Waals surface area contributed by atoms with E-state index in [0.717, 1.165) is 62.8 Å². The smallest absolute Gasteiger partial charge is 0.280 e. The van der Waals surface area contributed by atoms with Gasteiger partial charge in [-0.05, 0) is 56.3 Å². The second-order valence-electron chi connectivity index (χ2n) is 11.2. The van der Waals surface area contributed by atoms with Gasteiger partial charge in [-0.3, -0.25) is 20.0 Å². The monoisotopic (exact) mass is 666 g/mol. The molecule has 14 nitrogen and oxygen atoms in total. The fourth-order valence-electron chi connectivity index (χ4n) is 4.63. The summed E-state index contributed by atoms with van der Waals surface area (Å²) in [6, 6.07) is 7.82. The lowest BCUT2D eigenvalue weighted by Gasteiger charge is -2.30. The van der Waals surface area contributed by atoms with Gasteiger partial charge in [0.1, 0.15) is 24.6 Å². The summed E-state index contributed by atoms with van der Waals surface area (Å²) in [6.07, 6.45) is 1.78. The summed E-state index contributed by atoms with van der Waals surface area (Å²) in [7, 11) is 0. The van der Waals surface area contributed by atoms with Crippen LogP contribution >= 0.6 is 11.6 Å². The number of rotatable bonds is 21. The number of aliphatic hydroxyl groups is 4. The molecule has 0 bridgehead atoms. The van der Waals surface area contributed by atoms with Crippen LogP contribution in [0.25, 0.3) is 0 Å². The average Bonchev–Trinajstić information content (AvgIpc) is 3.03. The van der Waals surface area contributed by atoms with Crippen LogP contribution in [-0.4, -0.2) is 104 Å². The van der Waals surface area contributed by atoms with Gasteiger partial charge in [0.2, 0.25) is 0 Å². The van der Waals surface area contributed by atoms with E-state index in [0.29, 0.717) is 19.7 Å². The molecule has 2 aromatic rings. The Morgan fingerprint density at radius 3 is 2.33 bits per heavy atom. The lowest BCUT2D eigenvalue weighted by atomic mass is 10.0. The van der Waals surface area contributed by atoms with Gasteiger partial charge < -0.3 is 42.4 Å². The van der Waals surface area contributed by atoms with Gasteiger partial charge in [0.05, 0.1) is 12.2 Å². The van der Waals surface area contributed by atoms with Crippen LogP contribution in [0, 0.1) is 0 Å². The Bertz CT molecular complexity index is 1220. The number of unbranched alkanes of at least 4 members (excludes halogenated alkanes) is 4. The molecular weight excluding hydrogens is 616 g/mol. The van der Waals surface area contributed by atoms with E-state index in [9.17, 15) is 25.2 Å². The van der Waals surface area contributed by atoms with Crippen molar-refractivity contribution in [2.45, 2.75) is 89.6 Å². The van der Waals surface area contributed by atoms with E-state index >= 15 is 0 Å². The van der Waals surface area contributed by atoms with Crippen LogP contribution in [-0.2, 0) is 6.42 Å². The number of anilines is 2. The molecule has 1 aromatic carbocycles. The number of hydrogen-bond donors (Lipinski definition) is 8. The van der Waals surface area contributed by atoms with Gasteiger partial charge in [-0.15, -0.1) is 0 Å². The number of aliphatic imine (C=N–C) groups is 1. The number of carbonyl (C=O) groups excluding carboxylic acids is 1. The van der Waals surface area contributed by atoms with Crippen molar-refractivity contribution < 1.29 is 30.0 Å². The summed E-state index contributed by atoms with van der Waals surface area (Å²) in [5, 5.41) is 43.1. The highest BCUT2D eigenvalue weighted by molar-refractivity contribution is 6.31. The van der Waals surface area contributed by atoms with Gasteiger partial charge in [0.15, 0.2) is 28.4 Å². The number of nitrogen functional groups attached to an aromatic ring is 2. The Hall–Kier alpha value is -3.27. The van der Waals surface area contributed by atoms with Crippen molar-refractivity contribution >= 4 is 35.1 Å². The zero-order chi connectivity index (χ0) is 34.1. The number of aromatic nitrogens is 2. The van der Waals surface area contributed by atoms with Crippen LogP contribution in [0.1, 0.15) is 74.8 Å². The van der Waals surface area contributed by atoms with Crippen molar-refractivity contribution in [3.05, 3.63) is 40.7 Å². The van der Waals surface area contributed by atoms with Gasteiger partial charge in [0.25, 0.3) is 5.91 Å². The number of benzene rings is 1. The maximum atomic E-state index is 12.3. The number of amides is 1. The Labute approximate surface area is 276 Å². The first-order chi connectivity index (χ1) is 22.0. The molecule has 0 fully saturated rings. The van der Waals surface area contributed by atoms with Gasteiger partial charge in [-0.25, -0.2) is 9.97 Å². The van der Waals surface area contributed by atoms with Gasteiger partial charge >= 0.3 is 0 Å². The highest BCUT2D eigenvalue weighted by atomic mass is 35.5. The maximum Gasteiger partial charge on any atom is 0.280 e. The molecule has 0 saturated carbocycles. The third-order valence-corrected chi connectivity index (χ3v) is 7.72. The third kappa shape index (κ3) is 13.6. The quantitative estimate of drug-likeness (QED) is 0.0537. The van der Waals surface area contributed by atoms with Crippen molar-refractivity contribution in [3.63, 3.8) is 0 Å². The Balaban J connectivity index is 1.76. The predicted molar refractivity (Wildman–Crippen MR) is 180 cm³/mol. The fraction of sp³-hybridized carbons (Fsp3) is 0.613. The van der Waals surface area contributed by atoms with Crippen molar-refractivity contribution in [2.75, 3.05) is 44.3 Å². The molecule has 1 heterocycles. The van der Waals surface area contributed by atoms with Crippen LogP contribution in [0.2, 0.25) is 5.15 Å². The van der Waals surface area contributed by atoms with Crippen molar-refractivity contribution in [1.29, 1.82) is 0 Å². The molecule has 0 radical (unpaired) electrons. The first-order valence-corrected chi connectivity index (χ1v) is 16.2.